The number of halogens is 2. The van der Waals surface area contributed by atoms with Crippen LogP contribution in [0.15, 0.2) is 55.1 Å². The van der Waals surface area contributed by atoms with Gasteiger partial charge in [0.05, 0.1) is 17.8 Å². The summed E-state index contributed by atoms with van der Waals surface area (Å²) in [5.41, 5.74) is 1.72. The Morgan fingerprint density at radius 2 is 1.96 bits per heavy atom. The molecule has 0 saturated carbocycles. The highest BCUT2D eigenvalue weighted by Crippen LogP contribution is 2.33. The Morgan fingerprint density at radius 1 is 1.21 bits per heavy atom. The van der Waals surface area contributed by atoms with Crippen molar-refractivity contribution in [3.8, 4) is 17.1 Å². The van der Waals surface area contributed by atoms with Crippen LogP contribution in [-0.4, -0.2) is 27.3 Å². The molecule has 9 heteroatoms. The first-order valence-corrected chi connectivity index (χ1v) is 8.36. The van der Waals surface area contributed by atoms with E-state index in [4.69, 9.17) is 0 Å². The quantitative estimate of drug-likeness (QED) is 0.706. The first-order chi connectivity index (χ1) is 13.5. The lowest BCUT2D eigenvalue weighted by Gasteiger charge is -2.19. The number of benzene rings is 2. The van der Waals surface area contributed by atoms with Gasteiger partial charge in [0.25, 0.3) is 5.91 Å². The van der Waals surface area contributed by atoms with Crippen LogP contribution in [0.5, 0.6) is 5.75 Å². The maximum Gasteiger partial charge on any atom is 0.387 e. The maximum atomic E-state index is 12.5. The summed E-state index contributed by atoms with van der Waals surface area (Å²) in [7, 11) is 0. The number of amides is 1. The van der Waals surface area contributed by atoms with E-state index in [0.29, 0.717) is 17.5 Å². The molecule has 142 valence electrons. The fourth-order valence-electron chi connectivity index (χ4n) is 2.90. The molecule has 2 N–H and O–H groups in total. The summed E-state index contributed by atoms with van der Waals surface area (Å²) in [6.07, 6.45) is 0. The van der Waals surface area contributed by atoms with E-state index in [0.717, 1.165) is 11.3 Å². The molecule has 0 atom stereocenters. The van der Waals surface area contributed by atoms with Crippen LogP contribution in [0.4, 0.5) is 14.5 Å². The second-order valence-electron chi connectivity index (χ2n) is 5.94. The van der Waals surface area contributed by atoms with Gasteiger partial charge in [0.15, 0.2) is 11.6 Å². The Kier molecular flexibility index (Phi) is 4.48. The summed E-state index contributed by atoms with van der Waals surface area (Å²) in [6.45, 7) is 0.916. The number of hydrogen-bond acceptors (Lipinski definition) is 5. The van der Waals surface area contributed by atoms with E-state index in [1.807, 2.05) is 24.3 Å². The number of ether oxygens (including phenoxy) is 1. The van der Waals surface area contributed by atoms with Gasteiger partial charge in [-0.05, 0) is 24.3 Å². The van der Waals surface area contributed by atoms with E-state index in [-0.39, 0.29) is 17.9 Å². The maximum absolute atomic E-state index is 12.5. The predicted octanol–water partition coefficient (Wildman–Crippen LogP) is 3.33. The average Bonchev–Trinajstić information content (AvgIpc) is 3.11. The van der Waals surface area contributed by atoms with Crippen molar-refractivity contribution in [3.63, 3.8) is 0 Å². The Labute approximate surface area is 158 Å². The zero-order chi connectivity index (χ0) is 19.7. The van der Waals surface area contributed by atoms with E-state index >= 15 is 0 Å². The SMILES string of the molecule is C=C1Nc2ccccc2-c2nc(CNC(=O)c3ccccc3OC(F)F)nn21. The lowest BCUT2D eigenvalue weighted by Crippen LogP contribution is -2.24. The molecule has 3 aromatic rings. The van der Waals surface area contributed by atoms with Crippen molar-refractivity contribution >= 4 is 17.4 Å². The van der Waals surface area contributed by atoms with Gasteiger partial charge in [0.2, 0.25) is 0 Å². The van der Waals surface area contributed by atoms with Gasteiger partial charge in [-0.25, -0.2) is 4.98 Å². The van der Waals surface area contributed by atoms with Crippen LogP contribution in [0.25, 0.3) is 17.2 Å². The number of nitrogens with one attached hydrogen (secondary N) is 2. The molecule has 0 unspecified atom stereocenters. The molecular weight excluding hydrogens is 368 g/mol. The highest BCUT2D eigenvalue weighted by atomic mass is 19.3. The van der Waals surface area contributed by atoms with Gasteiger partial charge in [-0.2, -0.15) is 13.5 Å². The van der Waals surface area contributed by atoms with Crippen LogP contribution >= 0.6 is 0 Å². The average molecular weight is 383 g/mol. The molecule has 0 fully saturated rings. The summed E-state index contributed by atoms with van der Waals surface area (Å²) in [6, 6.07) is 13.4. The lowest BCUT2D eigenvalue weighted by atomic mass is 10.1. The van der Waals surface area contributed by atoms with Crippen LogP contribution in [0, 0.1) is 0 Å². The van der Waals surface area contributed by atoms with E-state index in [9.17, 15) is 13.6 Å². The van der Waals surface area contributed by atoms with E-state index < -0.39 is 12.5 Å². The molecule has 0 aliphatic carbocycles. The second kappa shape index (κ2) is 7.10. The Bertz CT molecular complexity index is 1060. The van der Waals surface area contributed by atoms with E-state index in [2.05, 4.69) is 32.0 Å². The molecule has 0 spiro atoms. The van der Waals surface area contributed by atoms with Gasteiger partial charge in [-0.15, -0.1) is 5.10 Å². The monoisotopic (exact) mass is 383 g/mol. The summed E-state index contributed by atoms with van der Waals surface area (Å²) in [4.78, 5) is 16.9. The molecule has 2 heterocycles. The van der Waals surface area contributed by atoms with E-state index in [1.54, 1.807) is 10.7 Å². The van der Waals surface area contributed by atoms with Crippen LogP contribution in [0.3, 0.4) is 0 Å². The molecule has 7 nitrogen and oxygen atoms in total. The van der Waals surface area contributed by atoms with Crippen LogP contribution in [0.1, 0.15) is 16.2 Å². The summed E-state index contributed by atoms with van der Waals surface area (Å²) in [5, 5.41) is 10.1. The van der Waals surface area contributed by atoms with Crippen LogP contribution < -0.4 is 15.4 Å². The van der Waals surface area contributed by atoms with Gasteiger partial charge in [-0.1, -0.05) is 30.8 Å². The zero-order valence-electron chi connectivity index (χ0n) is 14.5. The van der Waals surface area contributed by atoms with Gasteiger partial charge < -0.3 is 15.4 Å². The first kappa shape index (κ1) is 17.7. The van der Waals surface area contributed by atoms with Gasteiger partial charge in [0.1, 0.15) is 11.6 Å². The number of nitrogens with zero attached hydrogens (tertiary/aromatic N) is 3. The number of carbonyl (C=O) groups excluding carboxylic acids is 1. The lowest BCUT2D eigenvalue weighted by molar-refractivity contribution is -0.0501. The number of anilines is 1. The summed E-state index contributed by atoms with van der Waals surface area (Å²) < 4.78 is 31.0. The molecule has 1 aliphatic heterocycles. The number of fused-ring (bicyclic) bond motifs is 3. The van der Waals surface area contributed by atoms with Crippen LogP contribution in [-0.2, 0) is 6.54 Å². The minimum absolute atomic E-state index is 0.00296. The van der Waals surface area contributed by atoms with Crippen molar-refractivity contribution in [1.29, 1.82) is 0 Å². The summed E-state index contributed by atoms with van der Waals surface area (Å²) in [5.74, 6) is 0.731. The largest absolute Gasteiger partial charge is 0.434 e. The highest BCUT2D eigenvalue weighted by Gasteiger charge is 2.22. The number of hydrogen-bond donors (Lipinski definition) is 2. The molecule has 0 radical (unpaired) electrons. The zero-order valence-corrected chi connectivity index (χ0v) is 14.5. The van der Waals surface area contributed by atoms with Crippen molar-refractivity contribution in [2.24, 2.45) is 0 Å². The van der Waals surface area contributed by atoms with E-state index in [1.165, 1.54) is 18.2 Å². The number of alkyl halides is 2. The van der Waals surface area contributed by atoms with Gasteiger partial charge in [-0.3, -0.25) is 4.79 Å². The summed E-state index contributed by atoms with van der Waals surface area (Å²) >= 11 is 0. The van der Waals surface area contributed by atoms with Gasteiger partial charge in [0, 0.05) is 5.56 Å². The Balaban J connectivity index is 1.53. The molecule has 28 heavy (non-hydrogen) atoms. The fraction of sp³-hybridized carbons (Fsp3) is 0.105. The third-order valence-corrected chi connectivity index (χ3v) is 4.11. The van der Waals surface area contributed by atoms with Crippen molar-refractivity contribution in [2.75, 3.05) is 5.32 Å². The fourth-order valence-corrected chi connectivity index (χ4v) is 2.90. The van der Waals surface area contributed by atoms with Gasteiger partial charge >= 0.3 is 6.61 Å². The first-order valence-electron chi connectivity index (χ1n) is 8.36. The highest BCUT2D eigenvalue weighted by molar-refractivity contribution is 5.96. The molecular formula is C19H15F2N5O2. The molecule has 0 saturated heterocycles. The molecule has 2 aromatic carbocycles. The molecule has 1 amide bonds. The number of para-hydroxylation sites is 2. The third-order valence-electron chi connectivity index (χ3n) is 4.11. The Hall–Kier alpha value is -3.75. The molecule has 4 rings (SSSR count). The molecule has 1 aliphatic rings. The van der Waals surface area contributed by atoms with Crippen molar-refractivity contribution in [2.45, 2.75) is 13.2 Å². The number of aromatic nitrogens is 3. The normalized spacial score (nSPS) is 12.2. The smallest absolute Gasteiger partial charge is 0.387 e. The predicted molar refractivity (Wildman–Crippen MR) is 98.7 cm³/mol. The minimum Gasteiger partial charge on any atom is -0.434 e. The standard InChI is InChI=1S/C19H15F2N5O2/c1-11-23-14-8-4-2-6-12(14)17-24-16(25-26(11)17)10-22-18(27)13-7-3-5-9-15(13)28-19(20)21/h2-9,19,23H,1,10H2,(H,22,27). The minimum atomic E-state index is -3.02. The number of carbonyl (C=O) groups is 1. The molecule has 0 bridgehead atoms. The number of rotatable bonds is 5. The van der Waals surface area contributed by atoms with Crippen LogP contribution in [0.2, 0.25) is 0 Å². The second-order valence-corrected chi connectivity index (χ2v) is 5.94. The van der Waals surface area contributed by atoms with Crippen molar-refractivity contribution in [3.05, 3.63) is 66.5 Å². The van der Waals surface area contributed by atoms with Crippen molar-refractivity contribution < 1.29 is 18.3 Å². The Morgan fingerprint density at radius 3 is 2.79 bits per heavy atom. The topological polar surface area (TPSA) is 81.1 Å². The molecule has 1 aromatic heterocycles. The van der Waals surface area contributed by atoms with Crippen molar-refractivity contribution in [1.82, 2.24) is 20.1 Å². The third kappa shape index (κ3) is 3.29.